The van der Waals surface area contributed by atoms with Crippen molar-refractivity contribution in [2.75, 3.05) is 0 Å². The number of nitrogens with one attached hydrogen (secondary N) is 1. The first-order valence-corrected chi connectivity index (χ1v) is 2.15. The van der Waals surface area contributed by atoms with Crippen molar-refractivity contribution in [1.29, 1.82) is 5.41 Å². The Bertz CT molecular complexity index is 126. The molecule has 0 saturated carbocycles. The zero-order chi connectivity index (χ0) is 6.41. The van der Waals surface area contributed by atoms with Crippen LogP contribution in [-0.4, -0.2) is 17.2 Å². The molecule has 3 nitrogen and oxygen atoms in total. The van der Waals surface area contributed by atoms with Gasteiger partial charge in [0.15, 0.2) is 0 Å². The summed E-state index contributed by atoms with van der Waals surface area (Å²) in [6, 6.07) is 0. The average Bonchev–Trinajstić information content (AvgIpc) is 1.68. The molecule has 0 fully saturated rings. The Morgan fingerprint density at radius 3 is 2.75 bits per heavy atom. The molecule has 44 valence electrons. The van der Waals surface area contributed by atoms with Gasteiger partial charge in [0.1, 0.15) is 6.34 Å². The smallest absolute Gasteiger partial charge is 0.107 e. The average molecular weight is 112 g/mol. The minimum Gasteiger partial charge on any atom is -0.516 e. The lowest BCUT2D eigenvalue weighted by Crippen LogP contribution is -1.82. The molecule has 0 aromatic carbocycles. The number of nitrogens with zero attached hydrogens (tertiary/aromatic N) is 1. The number of allylic oxidation sites excluding steroid dienone is 1. The minimum atomic E-state index is 0.613. The first-order valence-electron chi connectivity index (χ1n) is 2.15. The van der Waals surface area contributed by atoms with Crippen LogP contribution in [0.1, 0.15) is 6.92 Å². The molecule has 3 heteroatoms. The van der Waals surface area contributed by atoms with Gasteiger partial charge in [-0.2, -0.15) is 0 Å². The molecule has 0 aromatic heterocycles. The molecule has 0 aliphatic rings. The number of hydrogen-bond donors (Lipinski definition) is 2. The second-order valence-corrected chi connectivity index (χ2v) is 1.22. The molecule has 0 atom stereocenters. The molecule has 0 unspecified atom stereocenters. The Labute approximate surface area is 47.9 Å². The number of aliphatic imine (C=N–C) groups is 1. The van der Waals surface area contributed by atoms with E-state index in [4.69, 9.17) is 10.5 Å². The molecule has 0 radical (unpaired) electrons. The molecule has 0 bridgehead atoms. The SMILES string of the molecule is CC(/C=C/O)=N/C=N. The van der Waals surface area contributed by atoms with Crippen molar-refractivity contribution in [3.05, 3.63) is 12.3 Å². The topological polar surface area (TPSA) is 56.4 Å². The molecular formula is C5H8N2O. The Balaban J connectivity index is 3.79. The standard InChI is InChI=1S/C5H8N2O/c1-5(2-3-8)7-4-6/h2-4,6,8H,1H3/b3-2+,6-4?,7-5-. The summed E-state index contributed by atoms with van der Waals surface area (Å²) in [5.41, 5.74) is 0.613. The molecule has 8 heavy (non-hydrogen) atoms. The predicted octanol–water partition coefficient (Wildman–Crippen LogP) is 1.13. The monoisotopic (exact) mass is 112 g/mol. The van der Waals surface area contributed by atoms with Crippen molar-refractivity contribution in [2.45, 2.75) is 6.92 Å². The maximum atomic E-state index is 8.13. The van der Waals surface area contributed by atoms with E-state index in [1.807, 2.05) is 0 Å². The Morgan fingerprint density at radius 1 is 1.75 bits per heavy atom. The molecule has 0 aliphatic carbocycles. The summed E-state index contributed by atoms with van der Waals surface area (Å²) >= 11 is 0. The zero-order valence-electron chi connectivity index (χ0n) is 4.63. The maximum Gasteiger partial charge on any atom is 0.107 e. The number of hydrogen-bond acceptors (Lipinski definition) is 2. The maximum absolute atomic E-state index is 8.13. The molecule has 0 aromatic rings. The summed E-state index contributed by atoms with van der Waals surface area (Å²) in [5, 5.41) is 14.6. The molecular weight excluding hydrogens is 104 g/mol. The summed E-state index contributed by atoms with van der Waals surface area (Å²) in [6.45, 7) is 1.69. The van der Waals surface area contributed by atoms with Gasteiger partial charge in [-0.05, 0) is 13.0 Å². The molecule has 0 saturated heterocycles. The van der Waals surface area contributed by atoms with E-state index in [0.29, 0.717) is 5.71 Å². The highest BCUT2D eigenvalue weighted by atomic mass is 16.2. The normalized spacial score (nSPS) is 12.4. The van der Waals surface area contributed by atoms with Crippen molar-refractivity contribution in [3.8, 4) is 0 Å². The lowest BCUT2D eigenvalue weighted by atomic mass is 10.4. The van der Waals surface area contributed by atoms with Gasteiger partial charge in [0.05, 0.1) is 6.26 Å². The van der Waals surface area contributed by atoms with Gasteiger partial charge >= 0.3 is 0 Å². The fraction of sp³-hybridized carbons (Fsp3) is 0.200. The number of aliphatic hydroxyl groups excluding tert-OH is 1. The van der Waals surface area contributed by atoms with Gasteiger partial charge < -0.3 is 5.11 Å². The molecule has 0 amide bonds. The van der Waals surface area contributed by atoms with Gasteiger partial charge in [-0.1, -0.05) is 0 Å². The third-order valence-corrected chi connectivity index (χ3v) is 0.584. The van der Waals surface area contributed by atoms with E-state index in [1.165, 1.54) is 6.08 Å². The highest BCUT2D eigenvalue weighted by molar-refractivity contribution is 5.96. The van der Waals surface area contributed by atoms with Crippen LogP contribution in [0.25, 0.3) is 0 Å². The lowest BCUT2D eigenvalue weighted by molar-refractivity contribution is 0.474. The van der Waals surface area contributed by atoms with Crippen molar-refractivity contribution >= 4 is 12.1 Å². The van der Waals surface area contributed by atoms with E-state index in [9.17, 15) is 0 Å². The van der Waals surface area contributed by atoms with Crippen molar-refractivity contribution < 1.29 is 5.11 Å². The summed E-state index contributed by atoms with van der Waals surface area (Å²) in [5.74, 6) is 0. The van der Waals surface area contributed by atoms with Gasteiger partial charge in [0.2, 0.25) is 0 Å². The summed E-state index contributed by atoms with van der Waals surface area (Å²) in [4.78, 5) is 3.53. The summed E-state index contributed by atoms with van der Waals surface area (Å²) < 4.78 is 0. The first-order chi connectivity index (χ1) is 3.81. The minimum absolute atomic E-state index is 0.613. The van der Waals surface area contributed by atoms with Crippen LogP contribution in [0.2, 0.25) is 0 Å². The van der Waals surface area contributed by atoms with Crippen LogP contribution < -0.4 is 0 Å². The van der Waals surface area contributed by atoms with Gasteiger partial charge in [0, 0.05) is 5.71 Å². The van der Waals surface area contributed by atoms with Crippen molar-refractivity contribution in [1.82, 2.24) is 0 Å². The lowest BCUT2D eigenvalue weighted by Gasteiger charge is -1.80. The van der Waals surface area contributed by atoms with Crippen LogP contribution in [0.5, 0.6) is 0 Å². The predicted molar refractivity (Wildman–Crippen MR) is 33.7 cm³/mol. The van der Waals surface area contributed by atoms with Crippen LogP contribution in [0.15, 0.2) is 17.3 Å². The van der Waals surface area contributed by atoms with E-state index in [-0.39, 0.29) is 0 Å². The highest BCUT2D eigenvalue weighted by Gasteiger charge is 1.75. The van der Waals surface area contributed by atoms with Crippen LogP contribution >= 0.6 is 0 Å². The highest BCUT2D eigenvalue weighted by Crippen LogP contribution is 1.75. The second kappa shape index (κ2) is 4.05. The first kappa shape index (κ1) is 6.88. The van der Waals surface area contributed by atoms with Gasteiger partial charge in [-0.25, -0.2) is 4.99 Å². The Hall–Kier alpha value is -1.12. The zero-order valence-corrected chi connectivity index (χ0v) is 4.63. The van der Waals surface area contributed by atoms with E-state index in [2.05, 4.69) is 4.99 Å². The molecule has 0 heterocycles. The fourth-order valence-corrected chi connectivity index (χ4v) is 0.253. The van der Waals surface area contributed by atoms with E-state index in [1.54, 1.807) is 6.92 Å². The Morgan fingerprint density at radius 2 is 2.38 bits per heavy atom. The third kappa shape index (κ3) is 3.08. The van der Waals surface area contributed by atoms with E-state index in [0.717, 1.165) is 12.6 Å². The molecule has 0 spiro atoms. The second-order valence-electron chi connectivity index (χ2n) is 1.22. The summed E-state index contributed by atoms with van der Waals surface area (Å²) in [7, 11) is 0. The van der Waals surface area contributed by atoms with Crippen LogP contribution in [0, 0.1) is 5.41 Å². The van der Waals surface area contributed by atoms with Crippen LogP contribution in [0.3, 0.4) is 0 Å². The van der Waals surface area contributed by atoms with Gasteiger partial charge in [-0.3, -0.25) is 5.41 Å². The molecule has 0 rings (SSSR count). The molecule has 0 aliphatic heterocycles. The third-order valence-electron chi connectivity index (χ3n) is 0.584. The van der Waals surface area contributed by atoms with Crippen molar-refractivity contribution in [2.24, 2.45) is 4.99 Å². The van der Waals surface area contributed by atoms with Gasteiger partial charge in [-0.15, -0.1) is 0 Å². The number of rotatable bonds is 2. The molecule has 2 N–H and O–H groups in total. The quantitative estimate of drug-likeness (QED) is 0.314. The summed E-state index contributed by atoms with van der Waals surface area (Å²) in [6.07, 6.45) is 3.22. The van der Waals surface area contributed by atoms with E-state index >= 15 is 0 Å². The van der Waals surface area contributed by atoms with E-state index < -0.39 is 0 Å². The Kier molecular flexibility index (Phi) is 3.48. The van der Waals surface area contributed by atoms with Crippen LogP contribution in [-0.2, 0) is 0 Å². The number of aliphatic hydroxyl groups is 1. The van der Waals surface area contributed by atoms with Crippen LogP contribution in [0.4, 0.5) is 0 Å². The van der Waals surface area contributed by atoms with Gasteiger partial charge in [0.25, 0.3) is 0 Å². The largest absolute Gasteiger partial charge is 0.516 e. The van der Waals surface area contributed by atoms with Crippen molar-refractivity contribution in [3.63, 3.8) is 0 Å². The fourth-order valence-electron chi connectivity index (χ4n) is 0.253.